The van der Waals surface area contributed by atoms with Crippen LogP contribution in [0.5, 0.6) is 11.5 Å². The van der Waals surface area contributed by atoms with Crippen molar-refractivity contribution in [1.82, 2.24) is 5.32 Å². The minimum Gasteiger partial charge on any atom is -0.497 e. The first kappa shape index (κ1) is 28.4. The first-order valence-electron chi connectivity index (χ1n) is 13.7. The van der Waals surface area contributed by atoms with E-state index >= 15 is 0 Å². The van der Waals surface area contributed by atoms with Crippen LogP contribution in [0.25, 0.3) is 0 Å². The van der Waals surface area contributed by atoms with Crippen LogP contribution in [0.15, 0.2) is 58.9 Å². The molecular weight excluding hydrogens is 528 g/mol. The van der Waals surface area contributed by atoms with Gasteiger partial charge < -0.3 is 24.3 Å². The molecule has 2 aromatic carbocycles. The lowest BCUT2D eigenvalue weighted by atomic mass is 9.71. The Labute approximate surface area is 238 Å². The molecule has 5 rings (SSSR count). The SMILES string of the molecule is COc1ccc(OC)c([C@H]2CC(=O)C3=C(C2)NC(C)=C(C(=O)OC[C@H]2CCCO2)[C@@H]3c2ccc(C)c([N+](=O)[O-])c2)c1. The number of methoxy groups -OCH3 is 2. The second kappa shape index (κ2) is 11.7. The molecule has 0 spiro atoms. The Bertz CT molecular complexity index is 1450. The van der Waals surface area contributed by atoms with Gasteiger partial charge in [0.05, 0.1) is 30.8 Å². The number of aryl methyl sites for hydroxylation is 1. The summed E-state index contributed by atoms with van der Waals surface area (Å²) in [5.74, 6) is -0.439. The Balaban J connectivity index is 1.56. The fourth-order valence-corrected chi connectivity index (χ4v) is 6.05. The standard InChI is InChI=1S/C31H34N2O8/c1-17-7-8-19(13-25(17)33(36)37)29-28(31(35)41-16-22-6-5-11-40-22)18(2)32-24-12-20(14-26(34)30(24)29)23-15-21(38-3)9-10-27(23)39-4/h7-10,13,15,20,22,29,32H,5-6,11-12,14,16H2,1-4H3/t20-,22-,29+/m1/s1. The molecule has 2 aromatic rings. The highest BCUT2D eigenvalue weighted by molar-refractivity contribution is 6.04. The van der Waals surface area contributed by atoms with Crippen LogP contribution in [0.1, 0.15) is 61.1 Å². The number of dihydropyridines is 1. The van der Waals surface area contributed by atoms with Crippen LogP contribution in [0.3, 0.4) is 0 Å². The van der Waals surface area contributed by atoms with E-state index in [1.54, 1.807) is 46.3 Å². The summed E-state index contributed by atoms with van der Waals surface area (Å²) in [6.07, 6.45) is 2.20. The molecule has 0 unspecified atom stereocenters. The molecular formula is C31H34N2O8. The summed E-state index contributed by atoms with van der Waals surface area (Å²) < 4.78 is 22.3. The number of Topliss-reactive ketones (excluding diaryl/α,β-unsaturated/α-hetero) is 1. The molecule has 3 atom stereocenters. The summed E-state index contributed by atoms with van der Waals surface area (Å²) in [4.78, 5) is 38.9. The van der Waals surface area contributed by atoms with Gasteiger partial charge in [-0.1, -0.05) is 12.1 Å². The zero-order valence-corrected chi connectivity index (χ0v) is 23.7. The molecule has 1 saturated heterocycles. The molecule has 10 heteroatoms. The van der Waals surface area contributed by atoms with Crippen LogP contribution >= 0.6 is 0 Å². The van der Waals surface area contributed by atoms with Crippen molar-refractivity contribution in [2.24, 2.45) is 0 Å². The summed E-state index contributed by atoms with van der Waals surface area (Å²) in [5.41, 5.74) is 3.67. The van der Waals surface area contributed by atoms with E-state index in [0.717, 1.165) is 18.4 Å². The molecule has 10 nitrogen and oxygen atoms in total. The highest BCUT2D eigenvalue weighted by atomic mass is 16.6. The minimum absolute atomic E-state index is 0.0739. The van der Waals surface area contributed by atoms with Gasteiger partial charge in [0, 0.05) is 59.0 Å². The van der Waals surface area contributed by atoms with Crippen molar-refractivity contribution in [3.05, 3.63) is 85.7 Å². The second-order valence-corrected chi connectivity index (χ2v) is 10.7. The van der Waals surface area contributed by atoms with Crippen LogP contribution in [0, 0.1) is 17.0 Å². The predicted octanol–water partition coefficient (Wildman–Crippen LogP) is 5.00. The Morgan fingerprint density at radius 2 is 1.93 bits per heavy atom. The van der Waals surface area contributed by atoms with Crippen molar-refractivity contribution in [3.63, 3.8) is 0 Å². The first-order chi connectivity index (χ1) is 19.7. The minimum atomic E-state index is -0.816. The molecule has 2 heterocycles. The number of nitro groups is 1. The predicted molar refractivity (Wildman–Crippen MR) is 150 cm³/mol. The number of ether oxygens (including phenoxy) is 4. The first-order valence-corrected chi connectivity index (χ1v) is 13.7. The number of ketones is 1. The second-order valence-electron chi connectivity index (χ2n) is 10.7. The molecule has 1 fully saturated rings. The number of carbonyl (C=O) groups excluding carboxylic acids is 2. The zero-order chi connectivity index (χ0) is 29.3. The van der Waals surface area contributed by atoms with Gasteiger partial charge in [-0.05, 0) is 56.9 Å². The van der Waals surface area contributed by atoms with Gasteiger partial charge in [0.15, 0.2) is 5.78 Å². The van der Waals surface area contributed by atoms with E-state index in [9.17, 15) is 19.7 Å². The van der Waals surface area contributed by atoms with E-state index in [2.05, 4.69) is 5.32 Å². The molecule has 0 saturated carbocycles. The highest BCUT2D eigenvalue weighted by Crippen LogP contribution is 2.48. The molecule has 3 aliphatic rings. The third-order valence-corrected chi connectivity index (χ3v) is 8.11. The fraction of sp³-hybridized carbons (Fsp3) is 0.419. The normalized spacial score (nSPS) is 22.2. The highest BCUT2D eigenvalue weighted by Gasteiger charge is 2.42. The number of benzene rings is 2. The quantitative estimate of drug-likeness (QED) is 0.269. The van der Waals surface area contributed by atoms with Gasteiger partial charge in [0.25, 0.3) is 5.69 Å². The summed E-state index contributed by atoms with van der Waals surface area (Å²) in [6, 6.07) is 10.4. The van der Waals surface area contributed by atoms with Crippen molar-refractivity contribution < 1.29 is 33.5 Å². The van der Waals surface area contributed by atoms with Gasteiger partial charge in [-0.15, -0.1) is 0 Å². The molecule has 1 aliphatic carbocycles. The van der Waals surface area contributed by atoms with Gasteiger partial charge in [-0.2, -0.15) is 0 Å². The number of carbonyl (C=O) groups is 2. The van der Waals surface area contributed by atoms with Crippen LogP contribution in [0.2, 0.25) is 0 Å². The number of hydrogen-bond donors (Lipinski definition) is 1. The van der Waals surface area contributed by atoms with Crippen molar-refractivity contribution in [3.8, 4) is 11.5 Å². The fourth-order valence-electron chi connectivity index (χ4n) is 6.05. The van der Waals surface area contributed by atoms with Crippen molar-refractivity contribution >= 4 is 17.4 Å². The van der Waals surface area contributed by atoms with Gasteiger partial charge in [0.2, 0.25) is 0 Å². The van der Waals surface area contributed by atoms with Gasteiger partial charge in [-0.25, -0.2) is 4.79 Å². The number of hydrogen-bond acceptors (Lipinski definition) is 9. The van der Waals surface area contributed by atoms with Crippen LogP contribution in [-0.4, -0.2) is 50.2 Å². The molecule has 2 aliphatic heterocycles. The van der Waals surface area contributed by atoms with Crippen molar-refractivity contribution in [2.75, 3.05) is 27.4 Å². The molecule has 0 amide bonds. The molecule has 0 bridgehead atoms. The maximum absolute atomic E-state index is 14.0. The van der Waals surface area contributed by atoms with E-state index in [4.69, 9.17) is 18.9 Å². The Morgan fingerprint density at radius 1 is 1.12 bits per heavy atom. The lowest BCUT2D eigenvalue weighted by Gasteiger charge is -2.37. The molecule has 1 N–H and O–H groups in total. The van der Waals surface area contributed by atoms with Crippen LogP contribution in [-0.2, 0) is 19.1 Å². The maximum atomic E-state index is 14.0. The number of nitrogens with one attached hydrogen (secondary N) is 1. The van der Waals surface area contributed by atoms with Crippen molar-refractivity contribution in [2.45, 2.75) is 57.5 Å². The summed E-state index contributed by atoms with van der Waals surface area (Å²) in [5, 5.41) is 15.1. The summed E-state index contributed by atoms with van der Waals surface area (Å²) in [7, 11) is 3.17. The monoisotopic (exact) mass is 562 g/mol. The smallest absolute Gasteiger partial charge is 0.336 e. The van der Waals surface area contributed by atoms with Crippen LogP contribution in [0.4, 0.5) is 5.69 Å². The lowest BCUT2D eigenvalue weighted by molar-refractivity contribution is -0.385. The van der Waals surface area contributed by atoms with Gasteiger partial charge in [0.1, 0.15) is 18.1 Å². The lowest BCUT2D eigenvalue weighted by Crippen LogP contribution is -2.36. The topological polar surface area (TPSA) is 126 Å². The number of rotatable bonds is 8. The molecule has 216 valence electrons. The largest absolute Gasteiger partial charge is 0.497 e. The average molecular weight is 563 g/mol. The third-order valence-electron chi connectivity index (χ3n) is 8.11. The van der Waals surface area contributed by atoms with E-state index in [1.165, 1.54) is 6.07 Å². The van der Waals surface area contributed by atoms with E-state index in [1.807, 2.05) is 12.1 Å². The van der Waals surface area contributed by atoms with Gasteiger partial charge >= 0.3 is 5.97 Å². The zero-order valence-electron chi connectivity index (χ0n) is 23.7. The maximum Gasteiger partial charge on any atom is 0.336 e. The number of nitrogens with zero attached hydrogens (tertiary/aromatic N) is 1. The molecule has 0 radical (unpaired) electrons. The molecule has 0 aromatic heterocycles. The molecule has 41 heavy (non-hydrogen) atoms. The van der Waals surface area contributed by atoms with E-state index in [0.29, 0.717) is 52.6 Å². The van der Waals surface area contributed by atoms with Crippen LogP contribution < -0.4 is 14.8 Å². The van der Waals surface area contributed by atoms with Crippen molar-refractivity contribution in [1.29, 1.82) is 0 Å². The Kier molecular flexibility index (Phi) is 8.12. The average Bonchev–Trinajstić information content (AvgIpc) is 3.48. The van der Waals surface area contributed by atoms with Gasteiger partial charge in [-0.3, -0.25) is 14.9 Å². The number of esters is 1. The van der Waals surface area contributed by atoms with E-state index < -0.39 is 16.8 Å². The summed E-state index contributed by atoms with van der Waals surface area (Å²) >= 11 is 0. The number of nitro benzene ring substituents is 1. The Morgan fingerprint density at radius 3 is 2.61 bits per heavy atom. The number of allylic oxidation sites excluding steroid dienone is 3. The summed E-state index contributed by atoms with van der Waals surface area (Å²) in [6.45, 7) is 4.16. The Hall–Kier alpha value is -4.18. The third kappa shape index (κ3) is 5.56. The van der Waals surface area contributed by atoms with E-state index in [-0.39, 0.29) is 42.1 Å².